The molecule has 1 aliphatic rings. The van der Waals surface area contributed by atoms with Gasteiger partial charge in [0.05, 0.1) is 11.4 Å². The number of nitrogens with one attached hydrogen (secondary N) is 1. The Labute approximate surface area is 164 Å². The van der Waals surface area contributed by atoms with Crippen molar-refractivity contribution in [2.24, 2.45) is 0 Å². The van der Waals surface area contributed by atoms with Crippen molar-refractivity contribution in [3.8, 4) is 0 Å². The van der Waals surface area contributed by atoms with Gasteiger partial charge in [-0.05, 0) is 48.2 Å². The number of fused-ring (bicyclic) bond motifs is 1. The second-order valence-electron chi connectivity index (χ2n) is 6.42. The van der Waals surface area contributed by atoms with Crippen LogP contribution in [0, 0.1) is 0 Å². The summed E-state index contributed by atoms with van der Waals surface area (Å²) in [6, 6.07) is 12.0. The van der Waals surface area contributed by atoms with Crippen molar-refractivity contribution in [2.75, 3.05) is 29.9 Å². The summed E-state index contributed by atoms with van der Waals surface area (Å²) in [7, 11) is -2.14. The van der Waals surface area contributed by atoms with Crippen molar-refractivity contribution in [2.45, 2.75) is 18.6 Å². The summed E-state index contributed by atoms with van der Waals surface area (Å²) in [4.78, 5) is 13.9. The van der Waals surface area contributed by atoms with E-state index in [4.69, 9.17) is 16.3 Å². The molecule has 0 aromatic heterocycles. The van der Waals surface area contributed by atoms with Gasteiger partial charge in [-0.1, -0.05) is 29.8 Å². The van der Waals surface area contributed by atoms with Crippen molar-refractivity contribution >= 4 is 38.9 Å². The van der Waals surface area contributed by atoms with E-state index in [0.717, 1.165) is 24.1 Å². The van der Waals surface area contributed by atoms with Crippen LogP contribution in [-0.4, -0.2) is 34.6 Å². The Morgan fingerprint density at radius 2 is 2.07 bits per heavy atom. The monoisotopic (exact) mass is 408 g/mol. The lowest BCUT2D eigenvalue weighted by atomic mass is 10.0. The smallest absolute Gasteiger partial charge is 0.252 e. The van der Waals surface area contributed by atoms with Crippen LogP contribution in [-0.2, 0) is 31.7 Å². The molecule has 6 nitrogen and oxygen atoms in total. The molecule has 0 saturated carbocycles. The topological polar surface area (TPSA) is 75.7 Å². The number of ether oxygens (including phenoxy) is 1. The highest BCUT2D eigenvalue weighted by molar-refractivity contribution is 7.91. The van der Waals surface area contributed by atoms with E-state index in [-0.39, 0.29) is 18.3 Å². The molecule has 0 fully saturated rings. The second kappa shape index (κ2) is 8.29. The molecule has 1 heterocycles. The first-order chi connectivity index (χ1) is 12.9. The number of hydrogen-bond donors (Lipinski definition) is 1. The highest BCUT2D eigenvalue weighted by atomic mass is 35.5. The summed E-state index contributed by atoms with van der Waals surface area (Å²) in [5.41, 5.74) is 2.77. The van der Waals surface area contributed by atoms with Crippen molar-refractivity contribution in [1.82, 2.24) is 0 Å². The summed E-state index contributed by atoms with van der Waals surface area (Å²) in [6.45, 7) is 0.581. The standard InChI is InChI=1S/C19H21ClN2O4S/c1-26-12-19(23)22-9-3-5-15-7-8-17(11-18(15)22)21-27(24,25)13-14-4-2-6-16(20)10-14/h2,4,6-8,10-11,21H,3,5,9,12-13H2,1H3. The zero-order chi connectivity index (χ0) is 19.4. The number of amides is 1. The van der Waals surface area contributed by atoms with Crippen LogP contribution in [0.2, 0.25) is 5.02 Å². The van der Waals surface area contributed by atoms with Crippen LogP contribution in [0.15, 0.2) is 42.5 Å². The van der Waals surface area contributed by atoms with Crippen molar-refractivity contribution in [1.29, 1.82) is 0 Å². The largest absolute Gasteiger partial charge is 0.375 e. The van der Waals surface area contributed by atoms with E-state index < -0.39 is 10.0 Å². The minimum absolute atomic E-state index is 0.00976. The van der Waals surface area contributed by atoms with E-state index in [0.29, 0.717) is 22.8 Å². The molecule has 8 heteroatoms. The van der Waals surface area contributed by atoms with Gasteiger partial charge in [0.15, 0.2) is 0 Å². The highest BCUT2D eigenvalue weighted by Crippen LogP contribution is 2.31. The third-order valence-corrected chi connectivity index (χ3v) is 5.79. The molecular weight excluding hydrogens is 388 g/mol. The number of carbonyl (C=O) groups excluding carboxylic acids is 1. The fourth-order valence-corrected chi connectivity index (χ4v) is 4.55. The van der Waals surface area contributed by atoms with Gasteiger partial charge in [-0.25, -0.2) is 8.42 Å². The number of nitrogens with zero attached hydrogens (tertiary/aromatic N) is 1. The molecule has 1 aliphatic heterocycles. The number of sulfonamides is 1. The first-order valence-electron chi connectivity index (χ1n) is 8.55. The Kier molecular flexibility index (Phi) is 6.04. The number of halogens is 1. The highest BCUT2D eigenvalue weighted by Gasteiger charge is 2.23. The molecule has 27 heavy (non-hydrogen) atoms. The van der Waals surface area contributed by atoms with Crippen molar-refractivity contribution in [3.63, 3.8) is 0 Å². The maximum atomic E-state index is 12.5. The molecular formula is C19H21ClN2O4S. The van der Waals surface area contributed by atoms with E-state index in [2.05, 4.69) is 4.72 Å². The van der Waals surface area contributed by atoms with E-state index >= 15 is 0 Å². The fraction of sp³-hybridized carbons (Fsp3) is 0.316. The molecule has 0 atom stereocenters. The SMILES string of the molecule is COCC(=O)N1CCCc2ccc(NS(=O)(=O)Cc3cccc(Cl)c3)cc21. The van der Waals surface area contributed by atoms with Gasteiger partial charge < -0.3 is 9.64 Å². The van der Waals surface area contributed by atoms with Gasteiger partial charge in [0.1, 0.15) is 6.61 Å². The Hall–Kier alpha value is -2.09. The maximum absolute atomic E-state index is 12.5. The van der Waals surface area contributed by atoms with Crippen molar-refractivity contribution < 1.29 is 17.9 Å². The fourth-order valence-electron chi connectivity index (χ4n) is 3.16. The van der Waals surface area contributed by atoms with E-state index in [1.165, 1.54) is 7.11 Å². The minimum Gasteiger partial charge on any atom is -0.375 e. The van der Waals surface area contributed by atoms with Crippen LogP contribution >= 0.6 is 11.6 Å². The summed E-state index contributed by atoms with van der Waals surface area (Å²) < 4.78 is 32.6. The molecule has 1 N–H and O–H groups in total. The molecule has 0 bridgehead atoms. The Morgan fingerprint density at radius 3 is 2.81 bits per heavy atom. The summed E-state index contributed by atoms with van der Waals surface area (Å²) in [5, 5.41) is 0.490. The number of aryl methyl sites for hydroxylation is 1. The number of benzene rings is 2. The van der Waals surface area contributed by atoms with Gasteiger partial charge in [-0.2, -0.15) is 0 Å². The molecule has 1 amide bonds. The first-order valence-corrected chi connectivity index (χ1v) is 10.6. The molecule has 2 aromatic carbocycles. The maximum Gasteiger partial charge on any atom is 0.252 e. The second-order valence-corrected chi connectivity index (χ2v) is 8.58. The van der Waals surface area contributed by atoms with E-state index in [1.54, 1.807) is 41.3 Å². The molecule has 0 aliphatic carbocycles. The molecule has 144 valence electrons. The Balaban J connectivity index is 1.81. The van der Waals surface area contributed by atoms with Crippen LogP contribution in [0.1, 0.15) is 17.5 Å². The van der Waals surface area contributed by atoms with Gasteiger partial charge in [0, 0.05) is 24.4 Å². The lowest BCUT2D eigenvalue weighted by Gasteiger charge is -2.30. The zero-order valence-electron chi connectivity index (χ0n) is 14.9. The minimum atomic E-state index is -3.62. The van der Waals surface area contributed by atoms with Crippen LogP contribution in [0.5, 0.6) is 0 Å². The van der Waals surface area contributed by atoms with Crippen molar-refractivity contribution in [3.05, 3.63) is 58.6 Å². The molecule has 0 unspecified atom stereocenters. The van der Waals surface area contributed by atoms with Crippen LogP contribution in [0.3, 0.4) is 0 Å². The molecule has 0 saturated heterocycles. The van der Waals surface area contributed by atoms with E-state index in [1.807, 2.05) is 6.07 Å². The number of anilines is 2. The average molecular weight is 409 g/mol. The van der Waals surface area contributed by atoms with Crippen LogP contribution in [0.4, 0.5) is 11.4 Å². The predicted octanol–water partition coefficient (Wildman–Crippen LogP) is 3.21. The quantitative estimate of drug-likeness (QED) is 0.796. The summed E-state index contributed by atoms with van der Waals surface area (Å²) >= 11 is 5.92. The Bertz CT molecular complexity index is 946. The summed E-state index contributed by atoms with van der Waals surface area (Å²) in [6.07, 6.45) is 1.71. The van der Waals surface area contributed by atoms with Gasteiger partial charge in [0.25, 0.3) is 5.91 Å². The number of rotatable bonds is 6. The van der Waals surface area contributed by atoms with Gasteiger partial charge in [0.2, 0.25) is 10.0 Å². The van der Waals surface area contributed by atoms with Gasteiger partial charge in [-0.3, -0.25) is 9.52 Å². The third-order valence-electron chi connectivity index (χ3n) is 4.29. The summed E-state index contributed by atoms with van der Waals surface area (Å²) in [5.74, 6) is -0.325. The van der Waals surface area contributed by atoms with Gasteiger partial charge >= 0.3 is 0 Å². The average Bonchev–Trinajstić information content (AvgIpc) is 2.60. The third kappa shape index (κ3) is 5.00. The zero-order valence-corrected chi connectivity index (χ0v) is 16.5. The van der Waals surface area contributed by atoms with Crippen LogP contribution in [0.25, 0.3) is 0 Å². The van der Waals surface area contributed by atoms with Crippen LogP contribution < -0.4 is 9.62 Å². The number of carbonyl (C=O) groups is 1. The number of hydrogen-bond acceptors (Lipinski definition) is 4. The Morgan fingerprint density at radius 1 is 1.26 bits per heavy atom. The normalized spacial score (nSPS) is 13.9. The molecule has 0 radical (unpaired) electrons. The molecule has 3 rings (SSSR count). The number of methoxy groups -OCH3 is 1. The lowest BCUT2D eigenvalue weighted by Crippen LogP contribution is -2.37. The predicted molar refractivity (Wildman–Crippen MR) is 107 cm³/mol. The first kappa shape index (κ1) is 19.7. The van der Waals surface area contributed by atoms with Gasteiger partial charge in [-0.15, -0.1) is 0 Å². The molecule has 0 spiro atoms. The van der Waals surface area contributed by atoms with E-state index in [9.17, 15) is 13.2 Å². The lowest BCUT2D eigenvalue weighted by molar-refractivity contribution is -0.122. The molecule has 2 aromatic rings.